The lowest BCUT2D eigenvalue weighted by Gasteiger charge is -2.14. The molecule has 0 spiro atoms. The maximum absolute atomic E-state index is 13.1. The van der Waals surface area contributed by atoms with Gasteiger partial charge in [0.25, 0.3) is 11.6 Å². The summed E-state index contributed by atoms with van der Waals surface area (Å²) in [5.74, 6) is 0.894. The van der Waals surface area contributed by atoms with Crippen molar-refractivity contribution in [3.63, 3.8) is 0 Å². The minimum Gasteiger partial charge on any atom is -0.490 e. The number of ether oxygens (including phenoxy) is 2. The highest BCUT2D eigenvalue weighted by Gasteiger charge is 2.33. The molecule has 0 aromatic heterocycles. The average Bonchev–Trinajstić information content (AvgIpc) is 3.20. The van der Waals surface area contributed by atoms with Gasteiger partial charge < -0.3 is 9.47 Å². The van der Waals surface area contributed by atoms with Crippen LogP contribution in [0, 0.1) is 10.1 Å². The molecule has 0 atom stereocenters. The molecule has 0 N–H and O–H groups in total. The summed E-state index contributed by atoms with van der Waals surface area (Å²) in [6, 6.07) is 25.6. The fourth-order valence-electron chi connectivity index (χ4n) is 4.14. The van der Waals surface area contributed by atoms with Crippen molar-refractivity contribution in [1.82, 2.24) is 0 Å². The maximum Gasteiger partial charge on any atom is 0.270 e. The molecule has 0 bridgehead atoms. The second-order valence-electron chi connectivity index (χ2n) is 8.36. The number of benzene rings is 4. The Morgan fingerprint density at radius 3 is 2.50 bits per heavy atom. The van der Waals surface area contributed by atoms with E-state index < -0.39 is 4.92 Å². The van der Waals surface area contributed by atoms with Gasteiger partial charge in [-0.15, -0.1) is 0 Å². The fraction of sp³-hybridized carbons (Fsp3) is 0.103. The summed E-state index contributed by atoms with van der Waals surface area (Å²) in [7, 11) is 0. The number of thioether (sulfide) groups is 1. The number of non-ortho nitro benzene ring substituents is 1. The van der Waals surface area contributed by atoms with Crippen molar-refractivity contribution >= 4 is 62.4 Å². The lowest BCUT2D eigenvalue weighted by Crippen LogP contribution is -2.27. The number of anilines is 1. The largest absolute Gasteiger partial charge is 0.490 e. The van der Waals surface area contributed by atoms with Crippen LogP contribution in [-0.4, -0.2) is 21.8 Å². The zero-order valence-corrected chi connectivity index (χ0v) is 22.0. The molecular weight excluding hydrogens is 520 g/mol. The van der Waals surface area contributed by atoms with Crippen LogP contribution in [-0.2, 0) is 11.4 Å². The molecule has 4 aromatic rings. The van der Waals surface area contributed by atoms with Crippen molar-refractivity contribution in [3.05, 3.63) is 111 Å². The van der Waals surface area contributed by atoms with Gasteiger partial charge in [-0.25, -0.2) is 0 Å². The number of rotatable bonds is 8. The van der Waals surface area contributed by atoms with E-state index in [1.807, 2.05) is 49.4 Å². The number of hydrogen-bond acceptors (Lipinski definition) is 7. The highest BCUT2D eigenvalue weighted by atomic mass is 32.2. The minimum atomic E-state index is -0.487. The predicted molar refractivity (Wildman–Crippen MR) is 155 cm³/mol. The predicted octanol–water partition coefficient (Wildman–Crippen LogP) is 7.13. The molecule has 1 saturated heterocycles. The molecule has 7 nitrogen and oxygen atoms in total. The topological polar surface area (TPSA) is 81.9 Å². The summed E-state index contributed by atoms with van der Waals surface area (Å²) in [6.45, 7) is 2.74. The van der Waals surface area contributed by atoms with Crippen LogP contribution in [0.1, 0.15) is 18.1 Å². The molecule has 4 aromatic carbocycles. The van der Waals surface area contributed by atoms with E-state index in [-0.39, 0.29) is 11.6 Å². The molecular formula is C29H22N2O5S2. The number of hydrogen-bond donors (Lipinski definition) is 0. The minimum absolute atomic E-state index is 0.0547. The average molecular weight is 543 g/mol. The molecule has 0 unspecified atom stereocenters. The first kappa shape index (κ1) is 25.4. The number of nitro benzene ring substituents is 1. The zero-order valence-electron chi connectivity index (χ0n) is 20.3. The summed E-state index contributed by atoms with van der Waals surface area (Å²) in [6.07, 6.45) is 1.75. The van der Waals surface area contributed by atoms with Crippen LogP contribution in [0.3, 0.4) is 0 Å². The molecule has 38 heavy (non-hydrogen) atoms. The van der Waals surface area contributed by atoms with Crippen LogP contribution in [0.15, 0.2) is 89.8 Å². The lowest BCUT2D eigenvalue weighted by molar-refractivity contribution is -0.384. The van der Waals surface area contributed by atoms with Crippen LogP contribution in [0.5, 0.6) is 11.5 Å². The van der Waals surface area contributed by atoms with Gasteiger partial charge in [-0.2, -0.15) is 0 Å². The Morgan fingerprint density at radius 1 is 0.974 bits per heavy atom. The molecule has 1 amide bonds. The molecule has 5 rings (SSSR count). The van der Waals surface area contributed by atoms with E-state index in [2.05, 4.69) is 18.2 Å². The van der Waals surface area contributed by atoms with E-state index in [4.69, 9.17) is 21.7 Å². The third kappa shape index (κ3) is 5.25. The molecule has 1 heterocycles. The lowest BCUT2D eigenvalue weighted by atomic mass is 10.1. The van der Waals surface area contributed by atoms with Crippen LogP contribution < -0.4 is 14.4 Å². The normalized spacial score (nSPS) is 14.3. The van der Waals surface area contributed by atoms with Crippen molar-refractivity contribution in [2.75, 3.05) is 11.5 Å². The van der Waals surface area contributed by atoms with Gasteiger partial charge in [-0.3, -0.25) is 19.8 Å². The van der Waals surface area contributed by atoms with E-state index >= 15 is 0 Å². The number of fused-ring (bicyclic) bond motifs is 1. The number of nitrogens with zero attached hydrogens (tertiary/aromatic N) is 2. The molecule has 9 heteroatoms. The van der Waals surface area contributed by atoms with Crippen LogP contribution >= 0.6 is 24.0 Å². The quantitative estimate of drug-likeness (QED) is 0.101. The first-order valence-electron chi connectivity index (χ1n) is 11.8. The number of nitro groups is 1. The standard InChI is InChI=1S/C29H22N2O5S2/c1-2-35-26-16-19(10-15-25(26)36-18-21-8-5-7-20-6-3-4-9-24(20)21)17-27-28(32)30(29(37)38-27)22-11-13-23(14-12-22)31(33)34/h3-17H,2,18H2,1H3/b27-17-. The maximum atomic E-state index is 13.1. The van der Waals surface area contributed by atoms with Gasteiger partial charge in [0.1, 0.15) is 6.61 Å². The summed E-state index contributed by atoms with van der Waals surface area (Å²) in [4.78, 5) is 25.4. The van der Waals surface area contributed by atoms with Gasteiger partial charge in [0.2, 0.25) is 0 Å². The van der Waals surface area contributed by atoms with Crippen molar-refractivity contribution < 1.29 is 19.2 Å². The monoisotopic (exact) mass is 542 g/mol. The SMILES string of the molecule is CCOc1cc(/C=C2\SC(=S)N(c3ccc([N+](=O)[O-])cc3)C2=O)ccc1OCc1cccc2ccccc12. The first-order valence-corrected chi connectivity index (χ1v) is 13.1. The van der Waals surface area contributed by atoms with Gasteiger partial charge in [0.05, 0.1) is 22.1 Å². The van der Waals surface area contributed by atoms with Gasteiger partial charge in [-0.1, -0.05) is 72.5 Å². The van der Waals surface area contributed by atoms with Gasteiger partial charge >= 0.3 is 0 Å². The Balaban J connectivity index is 1.36. The smallest absolute Gasteiger partial charge is 0.270 e. The van der Waals surface area contributed by atoms with Crippen molar-refractivity contribution in [2.45, 2.75) is 13.5 Å². The Bertz CT molecular complexity index is 1580. The Morgan fingerprint density at radius 2 is 1.74 bits per heavy atom. The second kappa shape index (κ2) is 11.0. The number of thiocarbonyl (C=S) groups is 1. The summed E-state index contributed by atoms with van der Waals surface area (Å²) in [5, 5.41) is 13.2. The Labute approximate surface area is 228 Å². The van der Waals surface area contributed by atoms with Gasteiger partial charge in [0.15, 0.2) is 15.8 Å². The third-order valence-electron chi connectivity index (χ3n) is 5.94. The molecule has 1 aliphatic rings. The van der Waals surface area contributed by atoms with Crippen LogP contribution in [0.2, 0.25) is 0 Å². The Hall–Kier alpha value is -4.21. The van der Waals surface area contributed by atoms with Crippen LogP contribution in [0.4, 0.5) is 11.4 Å². The van der Waals surface area contributed by atoms with Crippen LogP contribution in [0.25, 0.3) is 16.8 Å². The molecule has 1 aliphatic heterocycles. The third-order valence-corrected chi connectivity index (χ3v) is 7.24. The molecule has 0 saturated carbocycles. The molecule has 0 radical (unpaired) electrons. The fourth-order valence-corrected chi connectivity index (χ4v) is 5.44. The molecule has 0 aliphatic carbocycles. The number of carbonyl (C=O) groups excluding carboxylic acids is 1. The van der Waals surface area contributed by atoms with E-state index in [1.165, 1.54) is 40.9 Å². The van der Waals surface area contributed by atoms with Gasteiger partial charge in [-0.05, 0) is 59.2 Å². The summed E-state index contributed by atoms with van der Waals surface area (Å²) in [5.41, 5.74) is 2.26. The first-order chi connectivity index (χ1) is 18.4. The van der Waals surface area contributed by atoms with Crippen molar-refractivity contribution in [3.8, 4) is 11.5 Å². The number of amides is 1. The number of carbonyl (C=O) groups is 1. The molecule has 190 valence electrons. The van der Waals surface area contributed by atoms with Crippen molar-refractivity contribution in [1.29, 1.82) is 0 Å². The Kier molecular flexibility index (Phi) is 7.39. The zero-order chi connectivity index (χ0) is 26.6. The van der Waals surface area contributed by atoms with E-state index in [0.717, 1.165) is 21.9 Å². The summed E-state index contributed by atoms with van der Waals surface area (Å²) >= 11 is 6.61. The highest BCUT2D eigenvalue weighted by Crippen LogP contribution is 2.38. The van der Waals surface area contributed by atoms with E-state index in [9.17, 15) is 14.9 Å². The van der Waals surface area contributed by atoms with Gasteiger partial charge in [0, 0.05) is 12.1 Å². The molecule has 1 fully saturated rings. The highest BCUT2D eigenvalue weighted by molar-refractivity contribution is 8.27. The second-order valence-corrected chi connectivity index (χ2v) is 10.0. The van der Waals surface area contributed by atoms with Crippen molar-refractivity contribution in [2.24, 2.45) is 0 Å². The van der Waals surface area contributed by atoms with E-state index in [0.29, 0.717) is 39.6 Å². The summed E-state index contributed by atoms with van der Waals surface area (Å²) < 4.78 is 12.4. The van der Waals surface area contributed by atoms with E-state index in [1.54, 1.807) is 6.08 Å².